The van der Waals surface area contributed by atoms with Crippen LogP contribution < -0.4 is 10.2 Å². The summed E-state index contributed by atoms with van der Waals surface area (Å²) in [7, 11) is 0. The number of hydrogen-bond donors (Lipinski definition) is 1. The molecule has 5 rings (SSSR count). The first-order valence-corrected chi connectivity index (χ1v) is 12.6. The molecule has 2 fully saturated rings. The van der Waals surface area contributed by atoms with E-state index in [1.165, 1.54) is 23.9 Å². The van der Waals surface area contributed by atoms with Crippen LogP contribution in [0.5, 0.6) is 0 Å². The van der Waals surface area contributed by atoms with Crippen molar-refractivity contribution in [3.63, 3.8) is 0 Å². The second kappa shape index (κ2) is 10.5. The molecule has 1 amide bonds. The molecule has 3 aliphatic heterocycles. The molecule has 3 aliphatic rings. The van der Waals surface area contributed by atoms with Crippen LogP contribution in [0.3, 0.4) is 0 Å². The van der Waals surface area contributed by atoms with Crippen molar-refractivity contribution in [2.45, 2.75) is 12.2 Å². The molecule has 0 saturated carbocycles. The van der Waals surface area contributed by atoms with E-state index in [1.54, 1.807) is 23.2 Å². The molecule has 11 heteroatoms. The summed E-state index contributed by atoms with van der Waals surface area (Å²) in [5.41, 5.74) is 4.35. The highest BCUT2D eigenvalue weighted by Crippen LogP contribution is 2.41. The van der Waals surface area contributed by atoms with E-state index < -0.39 is 10.2 Å². The number of amides is 1. The van der Waals surface area contributed by atoms with Gasteiger partial charge in [-0.25, -0.2) is 4.99 Å². The number of nitro benzene ring substituents is 1. The number of aliphatic imine (C=N–C) groups is 2. The Kier molecular flexibility index (Phi) is 7.01. The van der Waals surface area contributed by atoms with Crippen molar-refractivity contribution in [2.75, 3.05) is 44.3 Å². The van der Waals surface area contributed by atoms with Gasteiger partial charge in [-0.05, 0) is 36.8 Å². The van der Waals surface area contributed by atoms with Gasteiger partial charge in [0.25, 0.3) is 5.69 Å². The first-order chi connectivity index (χ1) is 17.5. The Balaban J connectivity index is 1.41. The zero-order valence-corrected chi connectivity index (χ0v) is 20.6. The number of thioether (sulfide) groups is 1. The summed E-state index contributed by atoms with van der Waals surface area (Å²) in [6.07, 6.45) is 1.75. The van der Waals surface area contributed by atoms with Gasteiger partial charge < -0.3 is 15.0 Å². The molecule has 2 saturated heterocycles. The normalized spacial score (nSPS) is 21.3. The summed E-state index contributed by atoms with van der Waals surface area (Å²) in [6.45, 7) is 5.96. The molecule has 0 radical (unpaired) electrons. The smallest absolute Gasteiger partial charge is 0.269 e. The fraction of sp³-hybridized carbons (Fsp3) is 0.320. The number of rotatable bonds is 6. The number of morpholine rings is 1. The molecule has 36 heavy (non-hydrogen) atoms. The highest BCUT2D eigenvalue weighted by atomic mass is 32.2. The second-order valence-corrected chi connectivity index (χ2v) is 9.71. The number of nitro groups is 1. The van der Waals surface area contributed by atoms with Gasteiger partial charge in [-0.15, -0.1) is 0 Å². The van der Waals surface area contributed by atoms with Crippen molar-refractivity contribution in [2.24, 2.45) is 9.98 Å². The summed E-state index contributed by atoms with van der Waals surface area (Å²) in [6, 6.07) is 14.1. The average Bonchev–Trinajstić information content (AvgIpc) is 3.21. The van der Waals surface area contributed by atoms with Gasteiger partial charge in [0.1, 0.15) is 5.25 Å². The summed E-state index contributed by atoms with van der Waals surface area (Å²) in [5.74, 6) is -0.119. The number of anilines is 1. The molecule has 2 aromatic carbocycles. The molecule has 186 valence electrons. The zero-order chi connectivity index (χ0) is 25.1. The zero-order valence-electron chi connectivity index (χ0n) is 19.8. The van der Waals surface area contributed by atoms with Crippen molar-refractivity contribution < 1.29 is 14.5 Å². The Morgan fingerprint density at radius 3 is 2.53 bits per heavy atom. The fourth-order valence-electron chi connectivity index (χ4n) is 4.14. The molecule has 2 aromatic rings. The highest BCUT2D eigenvalue weighted by Gasteiger charge is 2.39. The lowest BCUT2D eigenvalue weighted by molar-refractivity contribution is -0.384. The van der Waals surface area contributed by atoms with Gasteiger partial charge in [-0.3, -0.25) is 24.8 Å². The van der Waals surface area contributed by atoms with Crippen molar-refractivity contribution in [3.8, 4) is 0 Å². The number of carbonyl (C=O) groups is 1. The van der Waals surface area contributed by atoms with Gasteiger partial charge in [0, 0.05) is 42.8 Å². The predicted molar refractivity (Wildman–Crippen MR) is 141 cm³/mol. The Bertz CT molecular complexity index is 1240. The highest BCUT2D eigenvalue weighted by molar-refractivity contribution is 8.15. The third-order valence-corrected chi connectivity index (χ3v) is 7.39. The Morgan fingerprint density at radius 1 is 1.17 bits per heavy atom. The molecule has 0 spiro atoms. The first kappa shape index (κ1) is 24.0. The van der Waals surface area contributed by atoms with E-state index in [0.717, 1.165) is 49.1 Å². The van der Waals surface area contributed by atoms with E-state index in [1.807, 2.05) is 31.2 Å². The molecule has 3 heterocycles. The van der Waals surface area contributed by atoms with Gasteiger partial charge in [0.2, 0.25) is 5.91 Å². The number of non-ortho nitro benzene ring substituents is 1. The van der Waals surface area contributed by atoms with Gasteiger partial charge in [-0.1, -0.05) is 23.9 Å². The molecule has 10 nitrogen and oxygen atoms in total. The van der Waals surface area contributed by atoms with Crippen LogP contribution in [0.1, 0.15) is 17.7 Å². The maximum Gasteiger partial charge on any atom is 0.269 e. The number of benzene rings is 2. The number of nitrogens with one attached hydrogen (secondary N) is 1. The minimum atomic E-state index is -0.536. The molecule has 0 aliphatic carbocycles. The SMILES string of the molecule is CC1=CN=C(CN2C(=O)C(c3ccc([N+](=O)[O-])cc3)SC2=Nc2ccc(N3CCOCC3)cc2)CN1. The van der Waals surface area contributed by atoms with E-state index >= 15 is 0 Å². The van der Waals surface area contributed by atoms with Crippen LogP contribution in [0.15, 0.2) is 70.4 Å². The summed E-state index contributed by atoms with van der Waals surface area (Å²) >= 11 is 1.35. The van der Waals surface area contributed by atoms with Crippen LogP contribution in [-0.2, 0) is 9.53 Å². The van der Waals surface area contributed by atoms with E-state index in [-0.39, 0.29) is 11.6 Å². The van der Waals surface area contributed by atoms with Crippen LogP contribution in [-0.4, -0.2) is 66.0 Å². The largest absolute Gasteiger partial charge is 0.382 e. The van der Waals surface area contributed by atoms with E-state index in [0.29, 0.717) is 23.8 Å². The molecule has 1 N–H and O–H groups in total. The monoisotopic (exact) mass is 506 g/mol. The lowest BCUT2D eigenvalue weighted by Crippen LogP contribution is -2.39. The lowest BCUT2D eigenvalue weighted by atomic mass is 10.1. The molecular formula is C25H26N6O4S. The van der Waals surface area contributed by atoms with E-state index in [4.69, 9.17) is 9.73 Å². The van der Waals surface area contributed by atoms with Gasteiger partial charge in [-0.2, -0.15) is 0 Å². The number of amidine groups is 1. The lowest BCUT2D eigenvalue weighted by Gasteiger charge is -2.28. The maximum atomic E-state index is 13.5. The summed E-state index contributed by atoms with van der Waals surface area (Å²) in [4.78, 5) is 37.3. The molecule has 0 bridgehead atoms. The van der Waals surface area contributed by atoms with Crippen LogP contribution in [0, 0.1) is 10.1 Å². The molecular weight excluding hydrogens is 480 g/mol. The molecule has 0 aromatic heterocycles. The minimum Gasteiger partial charge on any atom is -0.382 e. The first-order valence-electron chi connectivity index (χ1n) is 11.7. The van der Waals surface area contributed by atoms with Gasteiger partial charge in [0.15, 0.2) is 5.17 Å². The average molecular weight is 507 g/mol. The molecule has 1 atom stereocenters. The van der Waals surface area contributed by atoms with Crippen molar-refractivity contribution in [1.82, 2.24) is 10.2 Å². The van der Waals surface area contributed by atoms with E-state index in [2.05, 4.69) is 15.2 Å². The van der Waals surface area contributed by atoms with E-state index in [9.17, 15) is 14.9 Å². The Hall–Kier alpha value is -3.70. The number of carbonyl (C=O) groups excluding carboxylic acids is 1. The van der Waals surface area contributed by atoms with Crippen LogP contribution in [0.25, 0.3) is 0 Å². The van der Waals surface area contributed by atoms with Crippen LogP contribution in [0.2, 0.25) is 0 Å². The van der Waals surface area contributed by atoms with Crippen LogP contribution >= 0.6 is 11.8 Å². The number of ether oxygens (including phenoxy) is 1. The summed E-state index contributed by atoms with van der Waals surface area (Å²) < 4.78 is 5.43. The third-order valence-electron chi connectivity index (χ3n) is 6.15. The maximum absolute atomic E-state index is 13.5. The standard InChI is InChI=1S/C25H26N6O4S/c1-17-14-27-20(15-26-17)16-30-24(32)23(18-2-6-22(7-3-18)31(33)34)36-25(30)28-19-4-8-21(9-5-19)29-10-12-35-13-11-29/h2-9,14,23,26H,10-13,15-16H2,1H3. The second-order valence-electron chi connectivity index (χ2n) is 8.64. The topological polar surface area (TPSA) is 113 Å². The van der Waals surface area contributed by atoms with Crippen molar-refractivity contribution in [3.05, 3.63) is 76.1 Å². The fourth-order valence-corrected chi connectivity index (χ4v) is 5.31. The Morgan fingerprint density at radius 2 is 1.89 bits per heavy atom. The van der Waals surface area contributed by atoms with Crippen molar-refractivity contribution >= 4 is 45.6 Å². The molecule has 1 unspecified atom stereocenters. The Labute approximate surface area is 212 Å². The quantitative estimate of drug-likeness (QED) is 0.470. The van der Waals surface area contributed by atoms with Crippen molar-refractivity contribution in [1.29, 1.82) is 0 Å². The number of nitrogens with zero attached hydrogens (tertiary/aromatic N) is 5. The van der Waals surface area contributed by atoms with Crippen LogP contribution in [0.4, 0.5) is 17.1 Å². The van der Waals surface area contributed by atoms with Gasteiger partial charge >= 0.3 is 0 Å². The third kappa shape index (κ3) is 5.26. The summed E-state index contributed by atoms with van der Waals surface area (Å²) in [5, 5.41) is 14.3. The van der Waals surface area contributed by atoms with Gasteiger partial charge in [0.05, 0.1) is 42.6 Å². The minimum absolute atomic E-state index is 0.00917. The number of allylic oxidation sites excluding steroid dienone is 1. The predicted octanol–water partition coefficient (Wildman–Crippen LogP) is 3.64. The number of hydrogen-bond acceptors (Lipinski definition) is 9.